The van der Waals surface area contributed by atoms with Crippen molar-refractivity contribution in [2.24, 2.45) is 0 Å². The highest BCUT2D eigenvalue weighted by molar-refractivity contribution is 8.00. The maximum Gasteiger partial charge on any atom is 0.0610 e. The minimum Gasteiger partial charge on any atom is -0.394 e. The maximum atomic E-state index is 9.42. The molecule has 16 heavy (non-hydrogen) atoms. The molecule has 0 saturated heterocycles. The van der Waals surface area contributed by atoms with E-state index in [1.807, 2.05) is 11.8 Å². The molecule has 98 valence electrons. The summed E-state index contributed by atoms with van der Waals surface area (Å²) in [6.45, 7) is 13.3. The van der Waals surface area contributed by atoms with Crippen LogP contribution in [0, 0.1) is 0 Å². The highest BCUT2D eigenvalue weighted by Crippen LogP contribution is 2.25. The minimum atomic E-state index is -0.118. The predicted octanol–water partition coefficient (Wildman–Crippen LogP) is 3.05. The van der Waals surface area contributed by atoms with E-state index in [0.29, 0.717) is 10.8 Å². The second-order valence-corrected chi connectivity index (χ2v) is 8.00. The van der Waals surface area contributed by atoms with Gasteiger partial charge in [0.25, 0.3) is 0 Å². The van der Waals surface area contributed by atoms with Gasteiger partial charge in [-0.05, 0) is 25.5 Å². The van der Waals surface area contributed by atoms with Gasteiger partial charge in [-0.3, -0.25) is 0 Å². The van der Waals surface area contributed by atoms with Crippen molar-refractivity contribution in [3.05, 3.63) is 0 Å². The van der Waals surface area contributed by atoms with Gasteiger partial charge in [0, 0.05) is 16.3 Å². The fourth-order valence-corrected chi connectivity index (χ4v) is 2.64. The number of rotatable bonds is 7. The van der Waals surface area contributed by atoms with Gasteiger partial charge in [-0.15, -0.1) is 0 Å². The first kappa shape index (κ1) is 16.3. The van der Waals surface area contributed by atoms with E-state index in [0.717, 1.165) is 12.8 Å². The number of thioether (sulfide) groups is 1. The Morgan fingerprint density at radius 2 is 1.75 bits per heavy atom. The minimum absolute atomic E-state index is 0.118. The summed E-state index contributed by atoms with van der Waals surface area (Å²) in [5.74, 6) is 1.17. The first-order chi connectivity index (χ1) is 7.18. The van der Waals surface area contributed by atoms with E-state index in [1.165, 1.54) is 5.75 Å². The highest BCUT2D eigenvalue weighted by Gasteiger charge is 2.23. The molecule has 0 rings (SSSR count). The lowest BCUT2D eigenvalue weighted by Gasteiger charge is -2.31. The molecule has 0 spiro atoms. The quantitative estimate of drug-likeness (QED) is 0.678. The number of hydrogen-bond acceptors (Lipinski definition) is 3. The van der Waals surface area contributed by atoms with Crippen molar-refractivity contribution in [1.29, 1.82) is 0 Å². The Kier molecular flexibility index (Phi) is 6.99. The third-order valence-corrected chi connectivity index (χ3v) is 3.75. The van der Waals surface area contributed by atoms with Gasteiger partial charge in [-0.2, -0.15) is 11.8 Å². The lowest BCUT2D eigenvalue weighted by Crippen LogP contribution is -2.49. The van der Waals surface area contributed by atoms with Crippen LogP contribution in [0.15, 0.2) is 0 Å². The Balaban J connectivity index is 3.87. The lowest BCUT2D eigenvalue weighted by atomic mass is 9.96. The largest absolute Gasteiger partial charge is 0.394 e. The molecule has 2 N–H and O–H groups in total. The first-order valence-electron chi connectivity index (χ1n) is 6.21. The maximum absolute atomic E-state index is 9.42. The Bertz CT molecular complexity index is 189. The van der Waals surface area contributed by atoms with Crippen LogP contribution < -0.4 is 5.32 Å². The topological polar surface area (TPSA) is 32.3 Å². The van der Waals surface area contributed by atoms with Crippen LogP contribution in [0.1, 0.15) is 54.4 Å². The van der Waals surface area contributed by atoms with E-state index in [9.17, 15) is 5.11 Å². The summed E-state index contributed by atoms with van der Waals surface area (Å²) in [4.78, 5) is 0. The van der Waals surface area contributed by atoms with Crippen LogP contribution in [0.2, 0.25) is 0 Å². The van der Waals surface area contributed by atoms with Crippen LogP contribution in [0.4, 0.5) is 0 Å². The third kappa shape index (κ3) is 8.43. The van der Waals surface area contributed by atoms with Gasteiger partial charge in [0.15, 0.2) is 0 Å². The van der Waals surface area contributed by atoms with Crippen LogP contribution >= 0.6 is 11.8 Å². The predicted molar refractivity (Wildman–Crippen MR) is 75.2 cm³/mol. The summed E-state index contributed by atoms with van der Waals surface area (Å²) in [7, 11) is 0. The zero-order valence-electron chi connectivity index (χ0n) is 11.8. The van der Waals surface area contributed by atoms with Gasteiger partial charge in [-0.25, -0.2) is 0 Å². The van der Waals surface area contributed by atoms with Crippen molar-refractivity contribution in [1.82, 2.24) is 5.32 Å². The van der Waals surface area contributed by atoms with Gasteiger partial charge in [0.1, 0.15) is 0 Å². The third-order valence-electron chi connectivity index (χ3n) is 2.39. The Hall–Kier alpha value is 0.270. The summed E-state index contributed by atoms with van der Waals surface area (Å²) in [6.07, 6.45) is 2.18. The molecule has 0 saturated carbocycles. The van der Waals surface area contributed by atoms with Crippen molar-refractivity contribution < 1.29 is 5.11 Å². The van der Waals surface area contributed by atoms with Crippen molar-refractivity contribution >= 4 is 11.8 Å². The fraction of sp³-hybridized carbons (Fsp3) is 1.00. The summed E-state index contributed by atoms with van der Waals surface area (Å²) in [6, 6.07) is 0.424. The molecule has 2 nitrogen and oxygen atoms in total. The number of aliphatic hydroxyl groups is 1. The molecular weight excluding hydrogens is 218 g/mol. The molecule has 0 bridgehead atoms. The van der Waals surface area contributed by atoms with Crippen LogP contribution in [-0.4, -0.2) is 33.8 Å². The molecule has 0 aliphatic heterocycles. The molecule has 0 heterocycles. The Morgan fingerprint density at radius 1 is 1.19 bits per heavy atom. The Labute approximate surface area is 106 Å². The fourth-order valence-electron chi connectivity index (χ4n) is 1.73. The van der Waals surface area contributed by atoms with E-state index < -0.39 is 0 Å². The van der Waals surface area contributed by atoms with Gasteiger partial charge < -0.3 is 10.4 Å². The van der Waals surface area contributed by atoms with Crippen molar-refractivity contribution in [3.8, 4) is 0 Å². The summed E-state index contributed by atoms with van der Waals surface area (Å²) in [5, 5.41) is 12.9. The molecule has 1 atom stereocenters. The molecule has 0 aliphatic carbocycles. The van der Waals surface area contributed by atoms with Gasteiger partial charge in [0.2, 0.25) is 0 Å². The van der Waals surface area contributed by atoms with E-state index in [1.54, 1.807) is 0 Å². The molecule has 0 fully saturated rings. The summed E-state index contributed by atoms with van der Waals surface area (Å²) in [5.41, 5.74) is -0.118. The van der Waals surface area contributed by atoms with Crippen LogP contribution in [0.25, 0.3) is 0 Å². The smallest absolute Gasteiger partial charge is 0.0610 e. The van der Waals surface area contributed by atoms with Gasteiger partial charge >= 0.3 is 0 Å². The Morgan fingerprint density at radius 3 is 2.12 bits per heavy atom. The second-order valence-electron chi connectivity index (χ2n) is 6.08. The molecule has 1 unspecified atom stereocenters. The van der Waals surface area contributed by atoms with Gasteiger partial charge in [-0.1, -0.05) is 34.6 Å². The van der Waals surface area contributed by atoms with Crippen LogP contribution in [-0.2, 0) is 0 Å². The van der Waals surface area contributed by atoms with E-state index in [-0.39, 0.29) is 12.1 Å². The second kappa shape index (κ2) is 6.87. The SMILES string of the molecule is CC(C)NC(C)(CO)CCCSC(C)(C)C. The molecule has 0 radical (unpaired) electrons. The summed E-state index contributed by atoms with van der Waals surface area (Å²) < 4.78 is 0.348. The number of aliphatic hydroxyl groups excluding tert-OH is 1. The van der Waals surface area contributed by atoms with Gasteiger partial charge in [0.05, 0.1) is 6.61 Å². The molecule has 0 aliphatic rings. The van der Waals surface area contributed by atoms with E-state index >= 15 is 0 Å². The molecule has 0 aromatic heterocycles. The average Bonchev–Trinajstić information content (AvgIpc) is 2.10. The number of hydrogen-bond donors (Lipinski definition) is 2. The molecular formula is C13H29NOS. The zero-order chi connectivity index (χ0) is 12.8. The van der Waals surface area contributed by atoms with E-state index in [4.69, 9.17) is 0 Å². The standard InChI is InChI=1S/C13H29NOS/c1-11(2)14-13(6,10-15)8-7-9-16-12(3,4)5/h11,14-15H,7-10H2,1-6H3. The van der Waals surface area contributed by atoms with Crippen LogP contribution in [0.5, 0.6) is 0 Å². The monoisotopic (exact) mass is 247 g/mol. The molecule has 0 aromatic rings. The molecule has 0 aromatic carbocycles. The van der Waals surface area contributed by atoms with E-state index in [2.05, 4.69) is 46.9 Å². The van der Waals surface area contributed by atoms with Crippen molar-refractivity contribution in [3.63, 3.8) is 0 Å². The zero-order valence-corrected chi connectivity index (χ0v) is 12.6. The molecule has 0 amide bonds. The lowest BCUT2D eigenvalue weighted by molar-refractivity contribution is 0.156. The normalized spacial score (nSPS) is 16.5. The highest BCUT2D eigenvalue weighted by atomic mass is 32.2. The molecule has 3 heteroatoms. The summed E-state index contributed by atoms with van der Waals surface area (Å²) >= 11 is 1.99. The number of nitrogens with one attached hydrogen (secondary N) is 1. The van der Waals surface area contributed by atoms with Crippen LogP contribution in [0.3, 0.4) is 0 Å². The average molecular weight is 247 g/mol. The van der Waals surface area contributed by atoms with Crippen molar-refractivity contribution in [2.45, 2.75) is 70.7 Å². The first-order valence-corrected chi connectivity index (χ1v) is 7.20. The van der Waals surface area contributed by atoms with Crippen molar-refractivity contribution in [2.75, 3.05) is 12.4 Å².